The predicted molar refractivity (Wildman–Crippen MR) is 69.8 cm³/mol. The van der Waals surface area contributed by atoms with Crippen LogP contribution < -0.4 is 5.73 Å². The number of benzene rings is 2. The smallest absolute Gasteiger partial charge is 0.248 e. The molecule has 1 amide bonds. The van der Waals surface area contributed by atoms with Gasteiger partial charge in [-0.3, -0.25) is 4.79 Å². The maximum atomic E-state index is 11.0. The Kier molecular flexibility index (Phi) is 3.24. The molecule has 2 aromatic carbocycles. The number of rotatable bonds is 3. The van der Waals surface area contributed by atoms with Crippen molar-refractivity contribution in [2.75, 3.05) is 0 Å². The van der Waals surface area contributed by atoms with Gasteiger partial charge in [0.2, 0.25) is 5.91 Å². The first kappa shape index (κ1) is 11.4. The fraction of sp³-hybridized carbons (Fsp3) is 0.133. The average molecular weight is 225 g/mol. The highest BCUT2D eigenvalue weighted by atomic mass is 16.1. The van der Waals surface area contributed by atoms with Crippen LogP contribution in [0.25, 0.3) is 11.1 Å². The van der Waals surface area contributed by atoms with Gasteiger partial charge in [-0.25, -0.2) is 0 Å². The van der Waals surface area contributed by atoms with Crippen molar-refractivity contribution in [1.82, 2.24) is 0 Å². The fourth-order valence-electron chi connectivity index (χ4n) is 1.76. The lowest BCUT2D eigenvalue weighted by atomic mass is 10.0. The molecule has 0 unspecified atom stereocenters. The van der Waals surface area contributed by atoms with Crippen LogP contribution in [0.15, 0.2) is 48.5 Å². The van der Waals surface area contributed by atoms with E-state index < -0.39 is 5.91 Å². The average Bonchev–Trinajstić information content (AvgIpc) is 2.39. The molecule has 2 rings (SSSR count). The zero-order valence-corrected chi connectivity index (χ0v) is 9.81. The number of nitrogens with two attached hydrogens (primary N) is 1. The summed E-state index contributed by atoms with van der Waals surface area (Å²) in [7, 11) is 0. The van der Waals surface area contributed by atoms with Crippen molar-refractivity contribution >= 4 is 5.91 Å². The van der Waals surface area contributed by atoms with Crippen LogP contribution in [0.5, 0.6) is 0 Å². The molecule has 0 atom stereocenters. The number of hydrogen-bond acceptors (Lipinski definition) is 1. The molecule has 0 spiro atoms. The Morgan fingerprint density at radius 1 is 0.941 bits per heavy atom. The summed E-state index contributed by atoms with van der Waals surface area (Å²) in [5, 5.41) is 0. The zero-order chi connectivity index (χ0) is 12.3. The molecule has 0 radical (unpaired) electrons. The molecule has 0 saturated carbocycles. The highest BCUT2D eigenvalue weighted by Gasteiger charge is 2.01. The van der Waals surface area contributed by atoms with Gasteiger partial charge in [0.1, 0.15) is 0 Å². The third kappa shape index (κ3) is 2.53. The lowest BCUT2D eigenvalue weighted by molar-refractivity contribution is 0.100. The summed E-state index contributed by atoms with van der Waals surface area (Å²) in [6.45, 7) is 2.14. The Labute approximate surface area is 101 Å². The van der Waals surface area contributed by atoms with Gasteiger partial charge in [0.15, 0.2) is 0 Å². The molecule has 2 nitrogen and oxygen atoms in total. The van der Waals surface area contributed by atoms with Gasteiger partial charge in [-0.15, -0.1) is 0 Å². The number of carbonyl (C=O) groups excluding carboxylic acids is 1. The van der Waals surface area contributed by atoms with E-state index in [4.69, 9.17) is 5.73 Å². The number of aryl methyl sites for hydroxylation is 1. The van der Waals surface area contributed by atoms with Crippen molar-refractivity contribution in [2.24, 2.45) is 5.73 Å². The van der Waals surface area contributed by atoms with Crippen molar-refractivity contribution in [1.29, 1.82) is 0 Å². The third-order valence-electron chi connectivity index (χ3n) is 2.86. The predicted octanol–water partition coefficient (Wildman–Crippen LogP) is 3.01. The van der Waals surface area contributed by atoms with E-state index in [2.05, 4.69) is 31.2 Å². The van der Waals surface area contributed by atoms with E-state index in [0.717, 1.165) is 17.5 Å². The number of carbonyl (C=O) groups is 1. The third-order valence-corrected chi connectivity index (χ3v) is 2.86. The zero-order valence-electron chi connectivity index (χ0n) is 9.81. The second-order valence-electron chi connectivity index (χ2n) is 3.99. The van der Waals surface area contributed by atoms with Gasteiger partial charge in [0.05, 0.1) is 0 Å². The molecule has 0 heterocycles. The minimum Gasteiger partial charge on any atom is -0.366 e. The van der Waals surface area contributed by atoms with Crippen molar-refractivity contribution in [3.63, 3.8) is 0 Å². The van der Waals surface area contributed by atoms with Crippen molar-refractivity contribution in [2.45, 2.75) is 13.3 Å². The summed E-state index contributed by atoms with van der Waals surface area (Å²) in [4.78, 5) is 11.0. The molecular weight excluding hydrogens is 210 g/mol. The van der Waals surface area contributed by atoms with Gasteiger partial charge in [-0.05, 0) is 35.2 Å². The molecular formula is C15H15NO. The molecule has 0 bridgehead atoms. The second-order valence-corrected chi connectivity index (χ2v) is 3.99. The van der Waals surface area contributed by atoms with Crippen LogP contribution in [0.1, 0.15) is 22.8 Å². The van der Waals surface area contributed by atoms with E-state index in [1.165, 1.54) is 5.56 Å². The van der Waals surface area contributed by atoms with Crippen LogP contribution in [0.4, 0.5) is 0 Å². The Morgan fingerprint density at radius 3 is 1.82 bits per heavy atom. The van der Waals surface area contributed by atoms with E-state index in [1.807, 2.05) is 12.1 Å². The summed E-state index contributed by atoms with van der Waals surface area (Å²) in [5.41, 5.74) is 9.31. The Morgan fingerprint density at radius 2 is 1.41 bits per heavy atom. The number of hydrogen-bond donors (Lipinski definition) is 1. The van der Waals surface area contributed by atoms with Crippen LogP contribution in [0.2, 0.25) is 0 Å². The van der Waals surface area contributed by atoms with E-state index >= 15 is 0 Å². The largest absolute Gasteiger partial charge is 0.366 e. The minimum atomic E-state index is -0.391. The highest BCUT2D eigenvalue weighted by Crippen LogP contribution is 2.20. The first-order valence-electron chi connectivity index (χ1n) is 5.70. The summed E-state index contributed by atoms with van der Waals surface area (Å²) < 4.78 is 0. The van der Waals surface area contributed by atoms with Crippen LogP contribution in [-0.2, 0) is 6.42 Å². The van der Waals surface area contributed by atoms with E-state index in [0.29, 0.717) is 5.56 Å². The van der Waals surface area contributed by atoms with Crippen LogP contribution in [-0.4, -0.2) is 5.91 Å². The molecule has 2 N–H and O–H groups in total. The summed E-state index contributed by atoms with van der Waals surface area (Å²) in [6.07, 6.45) is 1.04. The van der Waals surface area contributed by atoms with Crippen molar-refractivity contribution in [3.8, 4) is 11.1 Å². The number of primary amides is 1. The summed E-state index contributed by atoms with van der Waals surface area (Å²) in [6, 6.07) is 15.8. The molecule has 2 aromatic rings. The van der Waals surface area contributed by atoms with E-state index in [-0.39, 0.29) is 0 Å². The first-order valence-corrected chi connectivity index (χ1v) is 5.70. The quantitative estimate of drug-likeness (QED) is 0.857. The lowest BCUT2D eigenvalue weighted by Crippen LogP contribution is -2.10. The maximum Gasteiger partial charge on any atom is 0.248 e. The minimum absolute atomic E-state index is 0.391. The van der Waals surface area contributed by atoms with Crippen LogP contribution in [0.3, 0.4) is 0 Å². The first-order chi connectivity index (χ1) is 8.20. The summed E-state index contributed by atoms with van der Waals surface area (Å²) >= 11 is 0. The van der Waals surface area contributed by atoms with Gasteiger partial charge >= 0.3 is 0 Å². The molecule has 0 aliphatic heterocycles. The molecule has 0 fully saturated rings. The van der Waals surface area contributed by atoms with Gasteiger partial charge in [0, 0.05) is 5.56 Å². The standard InChI is InChI=1S/C15H15NO/c1-2-11-3-5-12(6-4-11)13-7-9-14(10-8-13)15(16)17/h3-10H,2H2,1H3,(H2,16,17). The SMILES string of the molecule is CCc1ccc(-c2ccc(C(N)=O)cc2)cc1. The van der Waals surface area contributed by atoms with Crippen molar-refractivity contribution < 1.29 is 4.79 Å². The summed E-state index contributed by atoms with van der Waals surface area (Å²) in [5.74, 6) is -0.391. The molecule has 0 aliphatic rings. The van der Waals surface area contributed by atoms with Crippen LogP contribution in [0, 0.1) is 0 Å². The normalized spacial score (nSPS) is 10.2. The Hall–Kier alpha value is -2.09. The maximum absolute atomic E-state index is 11.0. The second kappa shape index (κ2) is 4.83. The fourth-order valence-corrected chi connectivity index (χ4v) is 1.76. The molecule has 0 saturated heterocycles. The van der Waals surface area contributed by atoms with Crippen LogP contribution >= 0.6 is 0 Å². The molecule has 0 aliphatic carbocycles. The van der Waals surface area contributed by atoms with E-state index in [9.17, 15) is 4.79 Å². The topological polar surface area (TPSA) is 43.1 Å². The Bertz CT molecular complexity index is 512. The van der Waals surface area contributed by atoms with Gasteiger partial charge in [-0.2, -0.15) is 0 Å². The number of amides is 1. The van der Waals surface area contributed by atoms with Crippen molar-refractivity contribution in [3.05, 3.63) is 59.7 Å². The molecule has 17 heavy (non-hydrogen) atoms. The molecule has 0 aromatic heterocycles. The molecule has 86 valence electrons. The molecule has 2 heteroatoms. The van der Waals surface area contributed by atoms with Gasteiger partial charge < -0.3 is 5.73 Å². The monoisotopic (exact) mass is 225 g/mol. The van der Waals surface area contributed by atoms with Gasteiger partial charge in [0.25, 0.3) is 0 Å². The Balaban J connectivity index is 2.29. The van der Waals surface area contributed by atoms with Gasteiger partial charge in [-0.1, -0.05) is 43.3 Å². The highest BCUT2D eigenvalue weighted by molar-refractivity contribution is 5.93. The van der Waals surface area contributed by atoms with E-state index in [1.54, 1.807) is 12.1 Å². The lowest BCUT2D eigenvalue weighted by Gasteiger charge is -2.04.